The van der Waals surface area contributed by atoms with Crippen molar-refractivity contribution in [2.45, 2.75) is 103 Å². The topological polar surface area (TPSA) is 119 Å². The molecule has 30 heavy (non-hydrogen) atoms. The fourth-order valence-corrected chi connectivity index (χ4v) is 4.88. The molecule has 0 aliphatic carbocycles. The predicted octanol–water partition coefficient (Wildman–Crippen LogP) is 2.90. The predicted molar refractivity (Wildman–Crippen MR) is 112 cm³/mol. The van der Waals surface area contributed by atoms with Gasteiger partial charge in [-0.15, -0.1) is 0 Å². The van der Waals surface area contributed by atoms with E-state index in [0.717, 1.165) is 0 Å². The van der Waals surface area contributed by atoms with E-state index in [2.05, 4.69) is 6.58 Å². The van der Waals surface area contributed by atoms with Crippen LogP contribution in [0.25, 0.3) is 0 Å². The normalized spacial score (nSPS) is 36.4. The Morgan fingerprint density at radius 2 is 1.90 bits per heavy atom. The van der Waals surface area contributed by atoms with Gasteiger partial charge in [-0.3, -0.25) is 9.42 Å². The molecule has 0 aromatic rings. The van der Waals surface area contributed by atoms with Gasteiger partial charge in [0, 0.05) is 19.4 Å². The summed E-state index contributed by atoms with van der Waals surface area (Å²) >= 11 is 0. The van der Waals surface area contributed by atoms with Crippen LogP contribution in [0.15, 0.2) is 12.3 Å². The summed E-state index contributed by atoms with van der Waals surface area (Å²) in [7, 11) is -4.52. The first-order chi connectivity index (χ1) is 13.9. The Kier molecular flexibility index (Phi) is 8.93. The molecule has 176 valence electrons. The molecule has 2 rings (SSSR count). The van der Waals surface area contributed by atoms with Crippen LogP contribution in [0.3, 0.4) is 0 Å². The van der Waals surface area contributed by atoms with Crippen LogP contribution in [0.4, 0.5) is 0 Å². The van der Waals surface area contributed by atoms with Gasteiger partial charge in [-0.25, -0.2) is 4.57 Å². The van der Waals surface area contributed by atoms with Crippen molar-refractivity contribution in [3.63, 3.8) is 0 Å². The largest absolute Gasteiger partial charge is 0.527 e. The van der Waals surface area contributed by atoms with Crippen LogP contribution in [0.2, 0.25) is 0 Å². The molecule has 2 aliphatic heterocycles. The second-order valence-corrected chi connectivity index (χ2v) is 10.1. The van der Waals surface area contributed by atoms with Gasteiger partial charge < -0.3 is 29.2 Å². The quantitative estimate of drug-likeness (QED) is 0.361. The number of nitrogens with two attached hydrogens (primary N) is 1. The second kappa shape index (κ2) is 10.4. The van der Waals surface area contributed by atoms with E-state index in [1.54, 1.807) is 0 Å². The lowest BCUT2D eigenvalue weighted by atomic mass is 9.97. The van der Waals surface area contributed by atoms with Crippen molar-refractivity contribution in [2.24, 2.45) is 5.73 Å². The first-order valence-electron chi connectivity index (χ1n) is 10.6. The van der Waals surface area contributed by atoms with Crippen LogP contribution in [0.1, 0.15) is 54.4 Å². The summed E-state index contributed by atoms with van der Waals surface area (Å²) in [6.45, 7) is 15.4. The van der Waals surface area contributed by atoms with Gasteiger partial charge in [-0.05, 0) is 41.5 Å². The molecule has 2 unspecified atom stereocenters. The smallest absolute Gasteiger partial charge is 0.406 e. The van der Waals surface area contributed by atoms with Crippen molar-refractivity contribution in [1.29, 1.82) is 0 Å². The van der Waals surface area contributed by atoms with Crippen LogP contribution < -0.4 is 5.73 Å². The zero-order valence-corrected chi connectivity index (χ0v) is 19.8. The van der Waals surface area contributed by atoms with Crippen LogP contribution in [0.5, 0.6) is 0 Å². The molecule has 2 heterocycles. The molecule has 0 spiro atoms. The minimum absolute atomic E-state index is 0.000393. The molecule has 0 radical (unpaired) electrons. The Morgan fingerprint density at radius 1 is 1.23 bits per heavy atom. The lowest BCUT2D eigenvalue weighted by Gasteiger charge is -2.34. The van der Waals surface area contributed by atoms with Gasteiger partial charge in [0.15, 0.2) is 0 Å². The zero-order chi connectivity index (χ0) is 22.7. The highest BCUT2D eigenvalue weighted by atomic mass is 31.2. The number of rotatable bonds is 11. The summed E-state index contributed by atoms with van der Waals surface area (Å²) in [5, 5.41) is 0. The molecule has 2 saturated heterocycles. The molecule has 0 aromatic carbocycles. The van der Waals surface area contributed by atoms with Crippen molar-refractivity contribution >= 4 is 7.82 Å². The third-order valence-corrected chi connectivity index (χ3v) is 6.10. The molecule has 9 nitrogen and oxygen atoms in total. The Labute approximate surface area is 179 Å². The molecule has 2 aliphatic rings. The SMILES string of the molecule is C=C(OP(=O)(O)O[C@@H]1C[C@H](C)O[C@]1(CN)COC(C)C)[C@H]1O[C@@H](C)CC1OC(C)C. The van der Waals surface area contributed by atoms with E-state index in [4.69, 9.17) is 33.7 Å². The average molecular weight is 451 g/mol. The lowest BCUT2D eigenvalue weighted by molar-refractivity contribution is -0.124. The Bertz CT molecular complexity index is 630. The molecular weight excluding hydrogens is 413 g/mol. The van der Waals surface area contributed by atoms with Gasteiger partial charge in [-0.2, -0.15) is 0 Å². The van der Waals surface area contributed by atoms with E-state index in [9.17, 15) is 9.46 Å². The highest BCUT2D eigenvalue weighted by Gasteiger charge is 2.51. The number of phosphoric ester groups is 1. The molecule has 3 N–H and O–H groups in total. The zero-order valence-electron chi connectivity index (χ0n) is 18.9. The second-order valence-electron chi connectivity index (χ2n) is 8.74. The molecule has 0 bridgehead atoms. The summed E-state index contributed by atoms with van der Waals surface area (Å²) in [4.78, 5) is 10.4. The molecule has 0 aromatic heterocycles. The minimum Gasteiger partial charge on any atom is -0.406 e. The van der Waals surface area contributed by atoms with Crippen LogP contribution in [0, 0.1) is 0 Å². The number of hydrogen-bond donors (Lipinski definition) is 2. The molecule has 0 amide bonds. The molecular formula is C20H38NO8P. The van der Waals surface area contributed by atoms with Gasteiger partial charge in [0.05, 0.1) is 37.1 Å². The fourth-order valence-electron chi connectivity index (χ4n) is 3.84. The van der Waals surface area contributed by atoms with E-state index in [-0.39, 0.29) is 49.4 Å². The van der Waals surface area contributed by atoms with Gasteiger partial charge >= 0.3 is 7.82 Å². The summed E-state index contributed by atoms with van der Waals surface area (Å²) in [6, 6.07) is 0. The summed E-state index contributed by atoms with van der Waals surface area (Å²) in [6.07, 6.45) is -1.09. The van der Waals surface area contributed by atoms with E-state index in [1.165, 1.54) is 0 Å². The standard InChI is InChI=1S/C20H38NO8P/c1-12(2)24-11-20(10-21)18(9-15(6)27-20)29-30(22,23)28-16(7)19-17(25-13(3)4)8-14(5)26-19/h12-15,17-19H,7-11,21H2,1-6H3,(H,22,23)/t14-,15-,17?,18+,19+,20+/m0/s1. The van der Waals surface area contributed by atoms with Crippen molar-refractivity contribution in [3.8, 4) is 0 Å². The third kappa shape index (κ3) is 6.74. The first-order valence-corrected chi connectivity index (χ1v) is 12.1. The van der Waals surface area contributed by atoms with Crippen molar-refractivity contribution in [3.05, 3.63) is 12.3 Å². The first kappa shape index (κ1) is 25.7. The van der Waals surface area contributed by atoms with E-state index < -0.39 is 25.6 Å². The van der Waals surface area contributed by atoms with Crippen LogP contribution in [-0.4, -0.2) is 66.4 Å². The van der Waals surface area contributed by atoms with E-state index in [1.807, 2.05) is 41.5 Å². The maximum absolute atomic E-state index is 12.8. The summed E-state index contributed by atoms with van der Waals surface area (Å²) in [5.41, 5.74) is 4.92. The van der Waals surface area contributed by atoms with Crippen molar-refractivity contribution in [1.82, 2.24) is 0 Å². The number of ether oxygens (including phenoxy) is 4. The van der Waals surface area contributed by atoms with Crippen molar-refractivity contribution < 1.29 is 37.5 Å². The average Bonchev–Trinajstić information content (AvgIpc) is 3.11. The number of phosphoric acid groups is 1. The summed E-state index contributed by atoms with van der Waals surface area (Å²) in [5.74, 6) is -0.000393. The van der Waals surface area contributed by atoms with Crippen LogP contribution >= 0.6 is 7.82 Å². The minimum atomic E-state index is -4.52. The highest BCUT2D eigenvalue weighted by molar-refractivity contribution is 7.47. The van der Waals surface area contributed by atoms with Gasteiger partial charge in [-0.1, -0.05) is 6.58 Å². The molecule has 10 heteroatoms. The lowest BCUT2D eigenvalue weighted by Crippen LogP contribution is -2.51. The molecule has 7 atom stereocenters. The third-order valence-electron chi connectivity index (χ3n) is 5.11. The van der Waals surface area contributed by atoms with E-state index in [0.29, 0.717) is 12.8 Å². The maximum Gasteiger partial charge on any atom is 0.527 e. The molecule has 2 fully saturated rings. The maximum atomic E-state index is 12.8. The van der Waals surface area contributed by atoms with E-state index >= 15 is 0 Å². The van der Waals surface area contributed by atoms with Gasteiger partial charge in [0.2, 0.25) is 0 Å². The Balaban J connectivity index is 2.07. The monoisotopic (exact) mass is 451 g/mol. The Hall–Kier alpha value is -0.510. The molecule has 0 saturated carbocycles. The van der Waals surface area contributed by atoms with Crippen molar-refractivity contribution in [2.75, 3.05) is 13.2 Å². The highest BCUT2D eigenvalue weighted by Crippen LogP contribution is 2.52. The van der Waals surface area contributed by atoms with Gasteiger partial charge in [0.1, 0.15) is 23.6 Å². The van der Waals surface area contributed by atoms with Crippen LogP contribution in [-0.2, 0) is 32.6 Å². The summed E-state index contributed by atoms with van der Waals surface area (Å²) < 4.78 is 46.9. The fraction of sp³-hybridized carbons (Fsp3) is 0.900. The number of hydrogen-bond acceptors (Lipinski definition) is 8. The Morgan fingerprint density at radius 3 is 2.47 bits per heavy atom. The van der Waals surface area contributed by atoms with Gasteiger partial charge in [0.25, 0.3) is 0 Å².